The second kappa shape index (κ2) is 5.80. The van der Waals surface area contributed by atoms with Gasteiger partial charge in [0.05, 0.1) is 0 Å². The highest BCUT2D eigenvalue weighted by atomic mass is 15.0. The minimum absolute atomic E-state index is 0.793. The maximum atomic E-state index is 5.71. The predicted octanol–water partition coefficient (Wildman–Crippen LogP) is 3.90. The third-order valence-corrected chi connectivity index (χ3v) is 3.67. The van der Waals surface area contributed by atoms with Crippen molar-refractivity contribution in [2.45, 2.75) is 13.5 Å². The van der Waals surface area contributed by atoms with Gasteiger partial charge < -0.3 is 5.73 Å². The van der Waals surface area contributed by atoms with Crippen molar-refractivity contribution in [2.75, 3.05) is 5.73 Å². The van der Waals surface area contributed by atoms with Gasteiger partial charge >= 0.3 is 0 Å². The van der Waals surface area contributed by atoms with E-state index in [1.807, 2.05) is 24.3 Å². The predicted molar refractivity (Wildman–Crippen MR) is 89.6 cm³/mol. The first-order valence-corrected chi connectivity index (χ1v) is 7.23. The Balaban J connectivity index is 2.02. The van der Waals surface area contributed by atoms with Crippen LogP contribution in [-0.2, 0) is 6.54 Å². The van der Waals surface area contributed by atoms with Crippen molar-refractivity contribution in [3.8, 4) is 0 Å². The highest BCUT2D eigenvalue weighted by Gasteiger charge is 2.10. The Morgan fingerprint density at radius 2 is 1.67 bits per heavy atom. The number of aromatic nitrogens is 1. The first-order chi connectivity index (χ1) is 10.3. The summed E-state index contributed by atoms with van der Waals surface area (Å²) in [4.78, 5) is 0. The zero-order chi connectivity index (χ0) is 14.7. The van der Waals surface area contributed by atoms with E-state index in [9.17, 15) is 0 Å². The van der Waals surface area contributed by atoms with Crippen LogP contribution in [0.15, 0.2) is 60.7 Å². The number of nitrogens with zero attached hydrogens (tertiary/aromatic N) is 1. The van der Waals surface area contributed by atoms with Gasteiger partial charge in [-0.05, 0) is 42.8 Å². The van der Waals surface area contributed by atoms with Crippen molar-refractivity contribution in [2.24, 2.45) is 0 Å². The number of nitrogen functional groups attached to an aromatic ring is 1. The molecule has 2 heteroatoms. The lowest BCUT2D eigenvalue weighted by atomic mass is 10.1. The number of rotatable bonds is 3. The van der Waals surface area contributed by atoms with Crippen molar-refractivity contribution >= 4 is 28.7 Å². The number of aryl methyl sites for hydroxylation is 1. The van der Waals surface area contributed by atoms with Crippen LogP contribution in [0.3, 0.4) is 0 Å². The first-order valence-electron chi connectivity index (χ1n) is 7.23. The summed E-state index contributed by atoms with van der Waals surface area (Å²) in [5.41, 5.74) is 10.1. The molecule has 2 N–H and O–H groups in total. The lowest BCUT2D eigenvalue weighted by Gasteiger charge is -2.02. The molecule has 0 aliphatic heterocycles. The number of fused-ring (bicyclic) bond motifs is 1. The third-order valence-electron chi connectivity index (χ3n) is 3.67. The second-order valence-electron chi connectivity index (χ2n) is 5.06. The lowest BCUT2D eigenvalue weighted by Crippen LogP contribution is -2.36. The van der Waals surface area contributed by atoms with Gasteiger partial charge in [-0.2, -0.15) is 4.57 Å². The molecule has 0 radical (unpaired) electrons. The molecule has 0 aliphatic carbocycles. The smallest absolute Gasteiger partial charge is 0.212 e. The number of anilines is 1. The van der Waals surface area contributed by atoms with E-state index in [0.717, 1.165) is 17.8 Å². The third kappa shape index (κ3) is 2.79. The topological polar surface area (TPSA) is 29.9 Å². The van der Waals surface area contributed by atoms with E-state index in [0.29, 0.717) is 0 Å². The Bertz CT molecular complexity index is 786. The highest BCUT2D eigenvalue weighted by Crippen LogP contribution is 2.13. The van der Waals surface area contributed by atoms with Crippen LogP contribution >= 0.6 is 0 Å². The van der Waals surface area contributed by atoms with Gasteiger partial charge in [-0.3, -0.25) is 0 Å². The molecule has 104 valence electrons. The summed E-state index contributed by atoms with van der Waals surface area (Å²) in [6.07, 6.45) is 4.27. The number of pyridine rings is 1. The van der Waals surface area contributed by atoms with Crippen molar-refractivity contribution < 1.29 is 4.57 Å². The Morgan fingerprint density at radius 1 is 0.905 bits per heavy atom. The summed E-state index contributed by atoms with van der Waals surface area (Å²) in [6, 6.07) is 20.7. The molecule has 0 saturated heterocycles. The summed E-state index contributed by atoms with van der Waals surface area (Å²) >= 11 is 0. The number of nitrogens with two attached hydrogens (primary N) is 1. The quantitative estimate of drug-likeness (QED) is 0.570. The normalized spacial score (nSPS) is 11.3. The second-order valence-corrected chi connectivity index (χ2v) is 5.06. The molecule has 2 nitrogen and oxygen atoms in total. The fourth-order valence-electron chi connectivity index (χ4n) is 2.57. The molecule has 2 aromatic carbocycles. The van der Waals surface area contributed by atoms with E-state index in [1.54, 1.807) is 0 Å². The summed E-state index contributed by atoms with van der Waals surface area (Å²) in [6.45, 7) is 3.12. The van der Waals surface area contributed by atoms with Gasteiger partial charge in [0.2, 0.25) is 11.2 Å². The molecule has 0 bridgehead atoms. The Kier molecular flexibility index (Phi) is 3.69. The van der Waals surface area contributed by atoms with Crippen LogP contribution < -0.4 is 10.3 Å². The van der Waals surface area contributed by atoms with Crippen LogP contribution in [0.1, 0.15) is 18.2 Å². The Hall–Kier alpha value is -2.61. The van der Waals surface area contributed by atoms with Gasteiger partial charge in [0.25, 0.3) is 0 Å². The largest absolute Gasteiger partial charge is 0.399 e. The van der Waals surface area contributed by atoms with Gasteiger partial charge in [0.1, 0.15) is 6.54 Å². The number of benzene rings is 2. The highest BCUT2D eigenvalue weighted by molar-refractivity contribution is 5.77. The van der Waals surface area contributed by atoms with Crippen LogP contribution in [0.25, 0.3) is 23.1 Å². The molecule has 1 aromatic heterocycles. The van der Waals surface area contributed by atoms with Crippen molar-refractivity contribution in [1.82, 2.24) is 0 Å². The Morgan fingerprint density at radius 3 is 2.43 bits per heavy atom. The fraction of sp³-hybridized carbons (Fsp3) is 0.105. The SMILES string of the molecule is CC[n+]1c(/C=C/c2ccc(N)cc2)ccc2ccccc21. The van der Waals surface area contributed by atoms with E-state index in [2.05, 4.69) is 60.0 Å². The molecule has 0 aliphatic rings. The summed E-state index contributed by atoms with van der Waals surface area (Å²) in [5.74, 6) is 0. The zero-order valence-corrected chi connectivity index (χ0v) is 12.2. The maximum Gasteiger partial charge on any atom is 0.212 e. The minimum atomic E-state index is 0.793. The molecule has 0 fully saturated rings. The molecule has 1 heterocycles. The van der Waals surface area contributed by atoms with E-state index >= 15 is 0 Å². The molecular weight excluding hydrogens is 256 g/mol. The molecule has 0 atom stereocenters. The van der Waals surface area contributed by atoms with E-state index < -0.39 is 0 Å². The van der Waals surface area contributed by atoms with Crippen LogP contribution in [-0.4, -0.2) is 0 Å². The number of para-hydroxylation sites is 1. The van der Waals surface area contributed by atoms with E-state index in [4.69, 9.17) is 5.73 Å². The molecule has 3 aromatic rings. The van der Waals surface area contributed by atoms with Crippen LogP contribution in [0.2, 0.25) is 0 Å². The van der Waals surface area contributed by atoms with Gasteiger partial charge in [0.15, 0.2) is 0 Å². The molecule has 21 heavy (non-hydrogen) atoms. The monoisotopic (exact) mass is 275 g/mol. The van der Waals surface area contributed by atoms with E-state index in [-0.39, 0.29) is 0 Å². The standard InChI is InChI=1S/C19H18N2/c1-2-21-18(13-9-15-7-11-17(20)12-8-15)14-10-16-5-3-4-6-19(16)21/h3-14,20H,2H2,1H3/p+1. The minimum Gasteiger partial charge on any atom is -0.399 e. The van der Waals surface area contributed by atoms with Crippen molar-refractivity contribution in [3.63, 3.8) is 0 Å². The van der Waals surface area contributed by atoms with Gasteiger partial charge in [-0.15, -0.1) is 0 Å². The lowest BCUT2D eigenvalue weighted by molar-refractivity contribution is -0.669. The Labute approximate surface area is 125 Å². The first kappa shape index (κ1) is 13.4. The fourth-order valence-corrected chi connectivity index (χ4v) is 2.57. The maximum absolute atomic E-state index is 5.71. The van der Waals surface area contributed by atoms with Crippen LogP contribution in [0, 0.1) is 0 Å². The molecule has 3 rings (SSSR count). The van der Waals surface area contributed by atoms with Crippen molar-refractivity contribution in [3.05, 3.63) is 71.9 Å². The zero-order valence-electron chi connectivity index (χ0n) is 12.2. The molecule has 0 amide bonds. The number of hydrogen-bond acceptors (Lipinski definition) is 1. The summed E-state index contributed by atoms with van der Waals surface area (Å²) < 4.78 is 2.32. The summed E-state index contributed by atoms with van der Waals surface area (Å²) in [7, 11) is 0. The average Bonchev–Trinajstić information content (AvgIpc) is 2.53. The van der Waals surface area contributed by atoms with Gasteiger partial charge in [-0.25, -0.2) is 0 Å². The van der Waals surface area contributed by atoms with Gasteiger partial charge in [0, 0.05) is 29.3 Å². The van der Waals surface area contributed by atoms with Gasteiger partial charge in [-0.1, -0.05) is 24.3 Å². The summed E-state index contributed by atoms with van der Waals surface area (Å²) in [5, 5.41) is 1.27. The molecule has 0 unspecified atom stereocenters. The van der Waals surface area contributed by atoms with E-state index in [1.165, 1.54) is 16.6 Å². The van der Waals surface area contributed by atoms with Crippen LogP contribution in [0.5, 0.6) is 0 Å². The average molecular weight is 275 g/mol. The number of hydrogen-bond donors (Lipinski definition) is 1. The molecule has 0 saturated carbocycles. The molecule has 0 spiro atoms. The van der Waals surface area contributed by atoms with Crippen molar-refractivity contribution in [1.29, 1.82) is 0 Å². The van der Waals surface area contributed by atoms with Crippen LogP contribution in [0.4, 0.5) is 5.69 Å². The molecular formula is C19H19N2+.